The standard InChI is InChI=1S/C19H23O6P/c1-13(2)15-5-7-17(8-6-15)19(20)23-25-26(21,22)24-18-11-9-16(10-12-18)14(3)4/h5-14H,1-4H3,(H,21,22). The van der Waals surface area contributed by atoms with E-state index in [-0.39, 0.29) is 11.3 Å². The summed E-state index contributed by atoms with van der Waals surface area (Å²) >= 11 is 0. The number of carbonyl (C=O) groups excluding carboxylic acids is 1. The molecule has 1 N–H and O–H groups in total. The van der Waals surface area contributed by atoms with Gasteiger partial charge in [0.05, 0.1) is 5.56 Å². The second kappa shape index (κ2) is 8.49. The van der Waals surface area contributed by atoms with E-state index in [2.05, 4.69) is 9.56 Å². The normalized spacial score (nSPS) is 13.5. The van der Waals surface area contributed by atoms with Crippen molar-refractivity contribution in [3.63, 3.8) is 0 Å². The molecular formula is C19H23O6P. The molecule has 2 aromatic rings. The Balaban J connectivity index is 1.94. The monoisotopic (exact) mass is 378 g/mol. The molecule has 0 saturated carbocycles. The predicted molar refractivity (Wildman–Crippen MR) is 98.0 cm³/mol. The molecule has 26 heavy (non-hydrogen) atoms. The molecule has 0 aliphatic carbocycles. The Morgan fingerprint density at radius 2 is 1.35 bits per heavy atom. The van der Waals surface area contributed by atoms with Crippen LogP contribution in [0.2, 0.25) is 0 Å². The van der Waals surface area contributed by atoms with Crippen molar-refractivity contribution < 1.29 is 28.3 Å². The van der Waals surface area contributed by atoms with Crippen LogP contribution in [0.15, 0.2) is 48.5 Å². The van der Waals surface area contributed by atoms with Gasteiger partial charge in [-0.15, -0.1) is 0 Å². The van der Waals surface area contributed by atoms with E-state index in [0.717, 1.165) is 11.1 Å². The smallest absolute Gasteiger partial charge is 0.402 e. The number of hydrogen-bond acceptors (Lipinski definition) is 5. The summed E-state index contributed by atoms with van der Waals surface area (Å²) in [5, 5.41) is 0. The zero-order chi connectivity index (χ0) is 19.3. The van der Waals surface area contributed by atoms with Crippen molar-refractivity contribution in [2.45, 2.75) is 39.5 Å². The number of phosphoric ester groups is 1. The summed E-state index contributed by atoms with van der Waals surface area (Å²) in [4.78, 5) is 26.1. The van der Waals surface area contributed by atoms with Gasteiger partial charge in [0.25, 0.3) is 0 Å². The van der Waals surface area contributed by atoms with Crippen molar-refractivity contribution in [1.29, 1.82) is 0 Å². The molecule has 1 unspecified atom stereocenters. The largest absolute Gasteiger partial charge is 0.564 e. The zero-order valence-electron chi connectivity index (χ0n) is 15.2. The Kier molecular flexibility index (Phi) is 6.59. The third-order valence-electron chi connectivity index (χ3n) is 3.79. The average Bonchev–Trinajstić information content (AvgIpc) is 2.60. The molecule has 7 heteroatoms. The van der Waals surface area contributed by atoms with Crippen LogP contribution in [-0.2, 0) is 14.1 Å². The Bertz CT molecular complexity index is 781. The highest BCUT2D eigenvalue weighted by molar-refractivity contribution is 7.47. The molecule has 140 valence electrons. The quantitative estimate of drug-likeness (QED) is 0.405. The molecule has 0 aliphatic heterocycles. The van der Waals surface area contributed by atoms with E-state index in [1.165, 1.54) is 0 Å². The van der Waals surface area contributed by atoms with Crippen LogP contribution in [0, 0.1) is 0 Å². The van der Waals surface area contributed by atoms with Crippen molar-refractivity contribution >= 4 is 13.8 Å². The summed E-state index contributed by atoms with van der Waals surface area (Å²) in [6.07, 6.45) is 0. The highest BCUT2D eigenvalue weighted by Crippen LogP contribution is 2.44. The van der Waals surface area contributed by atoms with Crippen LogP contribution in [0.25, 0.3) is 0 Å². The highest BCUT2D eigenvalue weighted by atomic mass is 31.2. The lowest BCUT2D eigenvalue weighted by Crippen LogP contribution is -2.07. The summed E-state index contributed by atoms with van der Waals surface area (Å²) in [5.74, 6) is -0.0976. The lowest BCUT2D eigenvalue weighted by Gasteiger charge is -2.12. The molecule has 0 saturated heterocycles. The van der Waals surface area contributed by atoms with Crippen LogP contribution in [-0.4, -0.2) is 10.9 Å². The van der Waals surface area contributed by atoms with Crippen molar-refractivity contribution in [1.82, 2.24) is 0 Å². The van der Waals surface area contributed by atoms with Gasteiger partial charge in [-0.2, -0.15) is 0 Å². The third kappa shape index (κ3) is 5.70. The highest BCUT2D eigenvalue weighted by Gasteiger charge is 2.27. The first-order valence-corrected chi connectivity index (χ1v) is 9.80. The van der Waals surface area contributed by atoms with Crippen LogP contribution in [0.4, 0.5) is 0 Å². The maximum atomic E-state index is 11.9. The second-order valence-electron chi connectivity index (χ2n) is 6.51. The van der Waals surface area contributed by atoms with Gasteiger partial charge >= 0.3 is 13.8 Å². The van der Waals surface area contributed by atoms with Crippen LogP contribution < -0.4 is 4.52 Å². The molecule has 0 fully saturated rings. The third-order valence-corrected chi connectivity index (χ3v) is 4.49. The van der Waals surface area contributed by atoms with Crippen LogP contribution in [0.1, 0.15) is 61.0 Å². The van der Waals surface area contributed by atoms with Crippen molar-refractivity contribution in [3.8, 4) is 5.75 Å². The molecule has 0 amide bonds. The van der Waals surface area contributed by atoms with E-state index >= 15 is 0 Å². The minimum atomic E-state index is -4.60. The van der Waals surface area contributed by atoms with Gasteiger partial charge in [0.15, 0.2) is 0 Å². The molecule has 0 radical (unpaired) electrons. The lowest BCUT2D eigenvalue weighted by molar-refractivity contribution is -0.165. The zero-order valence-corrected chi connectivity index (χ0v) is 16.1. The first-order chi connectivity index (χ1) is 12.2. The molecule has 2 rings (SSSR count). The summed E-state index contributed by atoms with van der Waals surface area (Å²) < 4.78 is 21.1. The van der Waals surface area contributed by atoms with E-state index in [1.807, 2.05) is 27.7 Å². The van der Waals surface area contributed by atoms with E-state index < -0.39 is 13.8 Å². The van der Waals surface area contributed by atoms with Gasteiger partial charge in [0, 0.05) is 0 Å². The second-order valence-corrected chi connectivity index (χ2v) is 7.77. The van der Waals surface area contributed by atoms with Crippen molar-refractivity contribution in [2.75, 3.05) is 0 Å². The summed E-state index contributed by atoms with van der Waals surface area (Å²) in [6.45, 7) is 8.12. The SMILES string of the molecule is CC(C)c1ccc(OP(=O)(O)OOC(=O)c2ccc(C(C)C)cc2)cc1. The first-order valence-electron chi connectivity index (χ1n) is 8.31. The maximum Gasteiger partial charge on any atom is 0.564 e. The van der Waals surface area contributed by atoms with Gasteiger partial charge in [-0.05, 0) is 47.2 Å². The van der Waals surface area contributed by atoms with E-state index in [4.69, 9.17) is 4.52 Å². The van der Waals surface area contributed by atoms with Crippen LogP contribution >= 0.6 is 7.82 Å². The van der Waals surface area contributed by atoms with Gasteiger partial charge in [0.2, 0.25) is 0 Å². The maximum absolute atomic E-state index is 11.9. The fraction of sp³-hybridized carbons (Fsp3) is 0.316. The summed E-state index contributed by atoms with van der Waals surface area (Å²) in [5.41, 5.74) is 2.32. The Morgan fingerprint density at radius 1 is 0.885 bits per heavy atom. The molecule has 0 aliphatic rings. The summed E-state index contributed by atoms with van der Waals surface area (Å²) in [6, 6.07) is 13.4. The Labute approximate surface area is 153 Å². The number of carbonyl (C=O) groups is 1. The Hall–Kier alpha value is -2.14. The number of phosphoric acid groups is 1. The molecule has 0 aromatic heterocycles. The van der Waals surface area contributed by atoms with Gasteiger partial charge < -0.3 is 4.52 Å². The number of rotatable bonds is 7. The first kappa shape index (κ1) is 20.2. The fourth-order valence-electron chi connectivity index (χ4n) is 2.20. The summed E-state index contributed by atoms with van der Waals surface area (Å²) in [7, 11) is -4.60. The molecule has 0 heterocycles. The van der Waals surface area contributed by atoms with Gasteiger partial charge in [0.1, 0.15) is 5.75 Å². The number of hydrogen-bond donors (Lipinski definition) is 1. The minimum Gasteiger partial charge on any atom is -0.402 e. The molecule has 0 spiro atoms. The topological polar surface area (TPSA) is 82.1 Å². The van der Waals surface area contributed by atoms with Crippen molar-refractivity contribution in [3.05, 3.63) is 65.2 Å². The fourth-order valence-corrected chi connectivity index (χ4v) is 2.78. The minimum absolute atomic E-state index is 0.137. The van der Waals surface area contributed by atoms with E-state index in [0.29, 0.717) is 11.8 Å². The average molecular weight is 378 g/mol. The molecule has 6 nitrogen and oxygen atoms in total. The number of benzene rings is 2. The molecule has 1 atom stereocenters. The van der Waals surface area contributed by atoms with Crippen LogP contribution in [0.5, 0.6) is 5.75 Å². The predicted octanol–water partition coefficient (Wildman–Crippen LogP) is 5.20. The van der Waals surface area contributed by atoms with Crippen molar-refractivity contribution in [2.24, 2.45) is 0 Å². The Morgan fingerprint density at radius 3 is 1.81 bits per heavy atom. The van der Waals surface area contributed by atoms with Gasteiger partial charge in [-0.3, -0.25) is 9.78 Å². The van der Waals surface area contributed by atoms with Crippen LogP contribution in [0.3, 0.4) is 0 Å². The molecule has 0 bridgehead atoms. The molecular weight excluding hydrogens is 355 g/mol. The lowest BCUT2D eigenvalue weighted by atomic mass is 10.0. The molecule has 2 aromatic carbocycles. The van der Waals surface area contributed by atoms with E-state index in [9.17, 15) is 14.3 Å². The van der Waals surface area contributed by atoms with Gasteiger partial charge in [-0.25, -0.2) is 9.36 Å². The van der Waals surface area contributed by atoms with Gasteiger partial charge in [-0.1, -0.05) is 56.6 Å². The van der Waals surface area contributed by atoms with E-state index in [1.54, 1.807) is 48.5 Å².